The minimum atomic E-state index is -3.89. The lowest BCUT2D eigenvalue weighted by molar-refractivity contribution is -0.140. The van der Waals surface area contributed by atoms with E-state index < -0.39 is 28.5 Å². The highest BCUT2D eigenvalue weighted by atomic mass is 35.5. The zero-order chi connectivity index (χ0) is 33.1. The van der Waals surface area contributed by atoms with Crippen LogP contribution < -0.4 is 14.4 Å². The van der Waals surface area contributed by atoms with Gasteiger partial charge in [0.05, 0.1) is 11.9 Å². The van der Waals surface area contributed by atoms with Crippen molar-refractivity contribution in [1.29, 1.82) is 0 Å². The number of carbonyl (C=O) groups is 2. The molecule has 2 atom stereocenters. The SMILES string of the molecule is CCC(C)NC(=O)C(Cc1ccccc1)N(Cc1ccc(Cl)cc1)C(=O)CN(c1ccc(OCc2ccccc2)cc1)S(C)(=O)=O. The third-order valence-electron chi connectivity index (χ3n) is 7.59. The lowest BCUT2D eigenvalue weighted by atomic mass is 10.0. The van der Waals surface area contributed by atoms with Crippen molar-refractivity contribution in [2.24, 2.45) is 0 Å². The lowest BCUT2D eigenvalue weighted by Crippen LogP contribution is -2.54. The van der Waals surface area contributed by atoms with Crippen molar-refractivity contribution in [3.05, 3.63) is 131 Å². The van der Waals surface area contributed by atoms with E-state index in [1.54, 1.807) is 48.5 Å². The molecule has 0 aliphatic carbocycles. The highest BCUT2D eigenvalue weighted by Crippen LogP contribution is 2.24. The average molecular weight is 662 g/mol. The molecule has 2 unspecified atom stereocenters. The highest BCUT2D eigenvalue weighted by Gasteiger charge is 2.33. The molecule has 0 fully saturated rings. The second-order valence-corrected chi connectivity index (χ2v) is 13.6. The summed E-state index contributed by atoms with van der Waals surface area (Å²) in [6.07, 6.45) is 2.01. The summed E-state index contributed by atoms with van der Waals surface area (Å²) in [5.74, 6) is -0.280. The molecule has 0 saturated heterocycles. The molecule has 46 heavy (non-hydrogen) atoms. The van der Waals surface area contributed by atoms with Crippen LogP contribution in [0.3, 0.4) is 0 Å². The molecule has 242 valence electrons. The molecule has 8 nitrogen and oxygen atoms in total. The van der Waals surface area contributed by atoms with Crippen LogP contribution in [0.1, 0.15) is 37.0 Å². The monoisotopic (exact) mass is 661 g/mol. The van der Waals surface area contributed by atoms with Crippen molar-refractivity contribution in [1.82, 2.24) is 10.2 Å². The molecule has 2 amide bonds. The Morgan fingerprint density at radius 3 is 1.98 bits per heavy atom. The summed E-state index contributed by atoms with van der Waals surface area (Å²) in [4.78, 5) is 29.5. The fourth-order valence-corrected chi connectivity index (χ4v) is 5.82. The van der Waals surface area contributed by atoms with Crippen LogP contribution in [0, 0.1) is 0 Å². The Labute approximate surface area is 277 Å². The number of anilines is 1. The Kier molecular flexibility index (Phi) is 12.2. The van der Waals surface area contributed by atoms with Crippen LogP contribution in [-0.4, -0.2) is 50.0 Å². The minimum Gasteiger partial charge on any atom is -0.489 e. The van der Waals surface area contributed by atoms with Crippen LogP contribution in [0.5, 0.6) is 5.75 Å². The number of hydrogen-bond acceptors (Lipinski definition) is 5. The highest BCUT2D eigenvalue weighted by molar-refractivity contribution is 7.92. The van der Waals surface area contributed by atoms with Crippen molar-refractivity contribution in [2.45, 2.75) is 51.9 Å². The largest absolute Gasteiger partial charge is 0.489 e. The Hall–Kier alpha value is -4.34. The molecular weight excluding hydrogens is 622 g/mol. The van der Waals surface area contributed by atoms with Crippen LogP contribution in [0.25, 0.3) is 0 Å². The maximum Gasteiger partial charge on any atom is 0.244 e. The predicted octanol–water partition coefficient (Wildman–Crippen LogP) is 6.24. The van der Waals surface area contributed by atoms with Crippen molar-refractivity contribution in [3.8, 4) is 5.75 Å². The van der Waals surface area contributed by atoms with Gasteiger partial charge in [0.15, 0.2) is 0 Å². The van der Waals surface area contributed by atoms with E-state index in [2.05, 4.69) is 5.32 Å². The van der Waals surface area contributed by atoms with E-state index in [-0.39, 0.29) is 24.9 Å². The van der Waals surface area contributed by atoms with Gasteiger partial charge >= 0.3 is 0 Å². The van der Waals surface area contributed by atoms with Crippen molar-refractivity contribution >= 4 is 39.1 Å². The molecule has 1 N–H and O–H groups in total. The quantitative estimate of drug-likeness (QED) is 0.163. The van der Waals surface area contributed by atoms with Crippen LogP contribution >= 0.6 is 11.6 Å². The first-order valence-corrected chi connectivity index (χ1v) is 17.4. The molecule has 0 saturated carbocycles. The zero-order valence-corrected chi connectivity index (χ0v) is 27.9. The number of carbonyl (C=O) groups excluding carboxylic acids is 2. The van der Waals surface area contributed by atoms with Gasteiger partial charge in [-0.2, -0.15) is 0 Å². The Morgan fingerprint density at radius 1 is 0.826 bits per heavy atom. The average Bonchev–Trinajstić information content (AvgIpc) is 3.05. The number of amides is 2. The molecule has 0 aliphatic rings. The predicted molar refractivity (Wildman–Crippen MR) is 183 cm³/mol. The molecule has 4 rings (SSSR count). The zero-order valence-electron chi connectivity index (χ0n) is 26.3. The summed E-state index contributed by atoms with van der Waals surface area (Å²) in [5, 5.41) is 3.56. The van der Waals surface area contributed by atoms with Crippen LogP contribution in [0.2, 0.25) is 5.02 Å². The Balaban J connectivity index is 1.64. The van der Waals surface area contributed by atoms with E-state index in [0.29, 0.717) is 29.5 Å². The van der Waals surface area contributed by atoms with E-state index in [4.69, 9.17) is 16.3 Å². The molecule has 4 aromatic carbocycles. The van der Waals surface area contributed by atoms with Gasteiger partial charge in [0, 0.05) is 24.0 Å². The smallest absolute Gasteiger partial charge is 0.244 e. The summed E-state index contributed by atoms with van der Waals surface area (Å²) in [7, 11) is -3.89. The summed E-state index contributed by atoms with van der Waals surface area (Å²) >= 11 is 6.13. The van der Waals surface area contributed by atoms with Gasteiger partial charge in [-0.25, -0.2) is 8.42 Å². The van der Waals surface area contributed by atoms with Gasteiger partial charge in [-0.15, -0.1) is 0 Å². The van der Waals surface area contributed by atoms with E-state index in [0.717, 1.165) is 27.3 Å². The number of nitrogens with one attached hydrogen (secondary N) is 1. The summed E-state index contributed by atoms with van der Waals surface area (Å²) in [6, 6.07) is 31.7. The molecule has 0 radical (unpaired) electrons. The van der Waals surface area contributed by atoms with Gasteiger partial charge in [-0.3, -0.25) is 13.9 Å². The number of rotatable bonds is 15. The summed E-state index contributed by atoms with van der Waals surface area (Å²) < 4.78 is 33.1. The molecule has 0 aromatic heterocycles. The van der Waals surface area contributed by atoms with Crippen molar-refractivity contribution in [2.75, 3.05) is 17.1 Å². The first kappa shape index (κ1) is 34.5. The number of ether oxygens (including phenoxy) is 1. The van der Waals surface area contributed by atoms with Gasteiger partial charge in [0.1, 0.15) is 24.9 Å². The molecule has 4 aromatic rings. The molecule has 0 aliphatic heterocycles. The van der Waals surface area contributed by atoms with Crippen molar-refractivity contribution < 1.29 is 22.7 Å². The normalized spacial score (nSPS) is 12.5. The minimum absolute atomic E-state index is 0.0747. The number of sulfonamides is 1. The number of hydrogen-bond donors (Lipinski definition) is 1. The third-order valence-corrected chi connectivity index (χ3v) is 8.98. The van der Waals surface area contributed by atoms with E-state index in [1.165, 1.54) is 4.90 Å². The maximum absolute atomic E-state index is 14.3. The van der Waals surface area contributed by atoms with E-state index >= 15 is 0 Å². The molecule has 0 spiro atoms. The Bertz CT molecular complexity index is 1670. The molecule has 0 bridgehead atoms. The first-order valence-electron chi connectivity index (χ1n) is 15.2. The number of halogens is 1. The number of nitrogens with zero attached hydrogens (tertiary/aromatic N) is 2. The number of benzene rings is 4. The van der Waals surface area contributed by atoms with Gasteiger partial charge in [-0.1, -0.05) is 91.3 Å². The van der Waals surface area contributed by atoms with Crippen molar-refractivity contribution in [3.63, 3.8) is 0 Å². The lowest BCUT2D eigenvalue weighted by Gasteiger charge is -2.34. The standard InChI is InChI=1S/C36H40ClN3O5S/c1-4-27(2)38-36(42)34(23-28-11-7-5-8-12-28)39(24-29-15-17-31(37)18-16-29)35(41)25-40(46(3,43)44)32-19-21-33(22-20-32)45-26-30-13-9-6-10-14-30/h5-22,27,34H,4,23-26H2,1-3H3,(H,38,42). The maximum atomic E-state index is 14.3. The summed E-state index contributed by atoms with van der Waals surface area (Å²) in [5.41, 5.74) is 2.92. The molecule has 10 heteroatoms. The molecular formula is C36H40ClN3O5S. The first-order chi connectivity index (χ1) is 22.0. The van der Waals surface area contributed by atoms with Crippen LogP contribution in [-0.2, 0) is 39.2 Å². The third kappa shape index (κ3) is 10.1. The summed E-state index contributed by atoms with van der Waals surface area (Å²) in [6.45, 7) is 3.80. The molecule has 0 heterocycles. The topological polar surface area (TPSA) is 96.0 Å². The van der Waals surface area contributed by atoms with E-state index in [1.807, 2.05) is 74.5 Å². The fraction of sp³-hybridized carbons (Fsp3) is 0.278. The van der Waals surface area contributed by atoms with Gasteiger partial charge < -0.3 is 15.0 Å². The second kappa shape index (κ2) is 16.3. The second-order valence-electron chi connectivity index (χ2n) is 11.2. The van der Waals surface area contributed by atoms with Gasteiger partial charge in [0.25, 0.3) is 0 Å². The fourth-order valence-electron chi connectivity index (χ4n) is 4.84. The van der Waals surface area contributed by atoms with Gasteiger partial charge in [-0.05, 0) is 66.4 Å². The Morgan fingerprint density at radius 2 is 1.41 bits per heavy atom. The van der Waals surface area contributed by atoms with Crippen LogP contribution in [0.4, 0.5) is 5.69 Å². The van der Waals surface area contributed by atoms with E-state index in [9.17, 15) is 18.0 Å². The van der Waals surface area contributed by atoms with Gasteiger partial charge in [0.2, 0.25) is 21.8 Å². The van der Waals surface area contributed by atoms with Crippen LogP contribution in [0.15, 0.2) is 109 Å².